The first-order valence-corrected chi connectivity index (χ1v) is 4.71. The van der Waals surface area contributed by atoms with Gasteiger partial charge in [0.25, 0.3) is 0 Å². The maximum atomic E-state index is 10.6. The molecule has 0 spiro atoms. The quantitative estimate of drug-likeness (QED) is 0.445. The molecule has 0 bridgehead atoms. The highest BCUT2D eigenvalue weighted by Gasteiger charge is 2.00. The van der Waals surface area contributed by atoms with E-state index < -0.39 is 5.97 Å². The molecule has 76 valence electrons. The molecule has 14 heavy (non-hydrogen) atoms. The summed E-state index contributed by atoms with van der Waals surface area (Å²) < 4.78 is 0. The number of hydrogen-bond acceptors (Lipinski definition) is 3. The van der Waals surface area contributed by atoms with Gasteiger partial charge in [-0.3, -0.25) is 0 Å². The van der Waals surface area contributed by atoms with Crippen LogP contribution < -0.4 is 0 Å². The molecule has 0 saturated heterocycles. The third kappa shape index (κ3) is 4.05. The molecule has 3 nitrogen and oxygen atoms in total. The maximum Gasteiger partial charge on any atom is 0.342 e. The Balaban J connectivity index is 2.13. The van der Waals surface area contributed by atoms with Gasteiger partial charge >= 0.3 is 5.97 Å². The predicted molar refractivity (Wildman–Crippen MR) is 52.7 cm³/mol. The normalized spacial score (nSPS) is 9.79. The number of unbranched alkanes of at least 4 members (excludes halogenated alkanes) is 1. The predicted octanol–water partition coefficient (Wildman–Crippen LogP) is 2.42. The van der Waals surface area contributed by atoms with Gasteiger partial charge in [-0.15, -0.1) is 0 Å². The Kier molecular flexibility index (Phi) is 4.72. The van der Waals surface area contributed by atoms with Crippen LogP contribution in [-0.2, 0) is 16.1 Å². The molecular weight excluding hydrogens is 180 g/mol. The summed E-state index contributed by atoms with van der Waals surface area (Å²) in [5.74, 6) is -0.557. The van der Waals surface area contributed by atoms with Crippen LogP contribution in [-0.4, -0.2) is 11.2 Å². The highest BCUT2D eigenvalue weighted by molar-refractivity contribution is 5.68. The molecule has 0 aliphatic rings. The third-order valence-electron chi connectivity index (χ3n) is 2.04. The first kappa shape index (κ1) is 10.7. The Bertz CT molecular complexity index is 269. The zero-order valence-electron chi connectivity index (χ0n) is 7.98. The van der Waals surface area contributed by atoms with Crippen LogP contribution in [0.2, 0.25) is 0 Å². The van der Waals surface area contributed by atoms with Gasteiger partial charge in [-0.1, -0.05) is 30.3 Å². The monoisotopic (exact) mass is 194 g/mol. The lowest BCUT2D eigenvalue weighted by atomic mass is 10.1. The molecule has 0 unspecified atom stereocenters. The zero-order chi connectivity index (χ0) is 10.2. The van der Waals surface area contributed by atoms with E-state index in [9.17, 15) is 4.79 Å². The van der Waals surface area contributed by atoms with Crippen LogP contribution in [0.15, 0.2) is 30.3 Å². The van der Waals surface area contributed by atoms with Crippen LogP contribution in [0.4, 0.5) is 0 Å². The number of aryl methyl sites for hydroxylation is 1. The number of rotatable bonds is 5. The van der Waals surface area contributed by atoms with Crippen molar-refractivity contribution in [3.05, 3.63) is 35.9 Å². The molecule has 0 radical (unpaired) electrons. The van der Waals surface area contributed by atoms with Crippen molar-refractivity contribution in [2.75, 3.05) is 0 Å². The summed E-state index contributed by atoms with van der Waals surface area (Å²) in [5.41, 5.74) is 1.27. The lowest BCUT2D eigenvalue weighted by molar-refractivity contribution is -0.234. The Morgan fingerprint density at radius 2 is 1.93 bits per heavy atom. The summed E-state index contributed by atoms with van der Waals surface area (Å²) in [5, 5.41) is 8.00. The van der Waals surface area contributed by atoms with Crippen LogP contribution in [0.1, 0.15) is 24.8 Å². The minimum atomic E-state index is -0.557. The Morgan fingerprint density at radius 3 is 2.57 bits per heavy atom. The van der Waals surface area contributed by atoms with E-state index in [0.29, 0.717) is 0 Å². The second kappa shape index (κ2) is 6.16. The van der Waals surface area contributed by atoms with Gasteiger partial charge in [-0.2, -0.15) is 5.26 Å². The van der Waals surface area contributed by atoms with Crippen molar-refractivity contribution in [3.8, 4) is 0 Å². The number of carbonyl (C=O) groups is 1. The lowest BCUT2D eigenvalue weighted by Gasteiger charge is -1.99. The van der Waals surface area contributed by atoms with Crippen LogP contribution >= 0.6 is 0 Å². The Hall–Kier alpha value is -1.35. The summed E-state index contributed by atoms with van der Waals surface area (Å²) >= 11 is 0. The molecule has 0 aliphatic carbocycles. The average molecular weight is 194 g/mol. The van der Waals surface area contributed by atoms with Crippen molar-refractivity contribution in [1.82, 2.24) is 0 Å². The van der Waals surface area contributed by atoms with Crippen molar-refractivity contribution in [1.29, 1.82) is 0 Å². The molecule has 3 heteroatoms. The molecular formula is C11H14O3. The fourth-order valence-corrected chi connectivity index (χ4v) is 1.29. The van der Waals surface area contributed by atoms with Gasteiger partial charge in [-0.05, 0) is 24.8 Å². The van der Waals surface area contributed by atoms with Crippen LogP contribution in [0.5, 0.6) is 0 Å². The summed E-state index contributed by atoms with van der Waals surface area (Å²) in [6.07, 6.45) is 2.91. The summed E-state index contributed by atoms with van der Waals surface area (Å²) in [6.45, 7) is 0. The van der Waals surface area contributed by atoms with Crippen molar-refractivity contribution < 1.29 is 14.9 Å². The molecule has 0 fully saturated rings. The highest BCUT2D eigenvalue weighted by Crippen LogP contribution is 2.06. The van der Waals surface area contributed by atoms with Crippen LogP contribution in [0.25, 0.3) is 0 Å². The SMILES string of the molecule is O=C(CCCCc1ccccc1)OO. The van der Waals surface area contributed by atoms with E-state index in [0.717, 1.165) is 19.3 Å². The first-order chi connectivity index (χ1) is 6.83. The molecule has 0 saturated carbocycles. The number of carbonyl (C=O) groups excluding carboxylic acids is 1. The van der Waals surface area contributed by atoms with Gasteiger partial charge < -0.3 is 4.89 Å². The van der Waals surface area contributed by atoms with Gasteiger partial charge in [0, 0.05) is 6.42 Å². The molecule has 0 amide bonds. The number of hydrogen-bond donors (Lipinski definition) is 1. The first-order valence-electron chi connectivity index (χ1n) is 4.71. The van der Waals surface area contributed by atoms with Gasteiger partial charge in [-0.25, -0.2) is 4.79 Å². The lowest BCUT2D eigenvalue weighted by Crippen LogP contribution is -2.00. The average Bonchev–Trinajstić information content (AvgIpc) is 2.25. The number of benzene rings is 1. The van der Waals surface area contributed by atoms with E-state index >= 15 is 0 Å². The molecule has 0 heterocycles. The van der Waals surface area contributed by atoms with E-state index in [1.165, 1.54) is 5.56 Å². The van der Waals surface area contributed by atoms with Crippen molar-refractivity contribution in [2.24, 2.45) is 0 Å². The summed E-state index contributed by atoms with van der Waals surface area (Å²) in [6, 6.07) is 10.1. The van der Waals surface area contributed by atoms with Gasteiger partial charge in [0.2, 0.25) is 0 Å². The molecule has 1 rings (SSSR count). The van der Waals surface area contributed by atoms with Gasteiger partial charge in [0.05, 0.1) is 0 Å². The fourth-order valence-electron chi connectivity index (χ4n) is 1.29. The molecule has 0 atom stereocenters. The Morgan fingerprint density at radius 1 is 1.21 bits per heavy atom. The van der Waals surface area contributed by atoms with E-state index in [4.69, 9.17) is 5.26 Å². The minimum Gasteiger partial charge on any atom is -0.301 e. The fraction of sp³-hybridized carbons (Fsp3) is 0.364. The van der Waals surface area contributed by atoms with E-state index in [-0.39, 0.29) is 6.42 Å². The highest BCUT2D eigenvalue weighted by atomic mass is 17.1. The van der Waals surface area contributed by atoms with Crippen molar-refractivity contribution in [2.45, 2.75) is 25.7 Å². The second-order valence-corrected chi connectivity index (χ2v) is 3.16. The third-order valence-corrected chi connectivity index (χ3v) is 2.04. The smallest absolute Gasteiger partial charge is 0.301 e. The minimum absolute atomic E-state index is 0.281. The standard InChI is InChI=1S/C11H14O3/c12-11(14-13)9-5-4-8-10-6-2-1-3-7-10/h1-3,6-7,13H,4-5,8-9H2. The van der Waals surface area contributed by atoms with Crippen LogP contribution in [0.3, 0.4) is 0 Å². The van der Waals surface area contributed by atoms with Gasteiger partial charge in [0.1, 0.15) is 0 Å². The summed E-state index contributed by atoms with van der Waals surface area (Å²) in [7, 11) is 0. The Labute approximate surface area is 83.3 Å². The molecule has 1 aromatic carbocycles. The van der Waals surface area contributed by atoms with E-state index in [2.05, 4.69) is 17.0 Å². The molecule has 0 aliphatic heterocycles. The summed E-state index contributed by atoms with van der Waals surface area (Å²) in [4.78, 5) is 14.1. The van der Waals surface area contributed by atoms with Crippen LogP contribution in [0, 0.1) is 0 Å². The van der Waals surface area contributed by atoms with Gasteiger partial charge in [0.15, 0.2) is 0 Å². The maximum absolute atomic E-state index is 10.6. The molecule has 1 N–H and O–H groups in total. The largest absolute Gasteiger partial charge is 0.342 e. The zero-order valence-corrected chi connectivity index (χ0v) is 7.98. The van der Waals surface area contributed by atoms with E-state index in [1.807, 2.05) is 18.2 Å². The van der Waals surface area contributed by atoms with Crippen molar-refractivity contribution in [3.63, 3.8) is 0 Å². The molecule has 1 aromatic rings. The molecule has 0 aromatic heterocycles. The van der Waals surface area contributed by atoms with Crippen molar-refractivity contribution >= 4 is 5.97 Å². The second-order valence-electron chi connectivity index (χ2n) is 3.16. The topological polar surface area (TPSA) is 46.5 Å². The van der Waals surface area contributed by atoms with E-state index in [1.54, 1.807) is 0 Å².